The van der Waals surface area contributed by atoms with Gasteiger partial charge in [-0.25, -0.2) is 9.78 Å². The van der Waals surface area contributed by atoms with Gasteiger partial charge in [-0.3, -0.25) is 14.1 Å². The first-order valence-corrected chi connectivity index (χ1v) is 12.2. The van der Waals surface area contributed by atoms with E-state index in [0.717, 1.165) is 36.3 Å². The van der Waals surface area contributed by atoms with Gasteiger partial charge >= 0.3 is 5.97 Å². The second-order valence-corrected chi connectivity index (χ2v) is 9.99. The van der Waals surface area contributed by atoms with Gasteiger partial charge in [0.05, 0.1) is 22.2 Å². The molecule has 1 atom stereocenters. The number of rotatable bonds is 3. The van der Waals surface area contributed by atoms with Crippen LogP contribution < -0.4 is 10.3 Å². The molecule has 1 aromatic carbocycles. The second-order valence-electron chi connectivity index (χ2n) is 8.96. The summed E-state index contributed by atoms with van der Waals surface area (Å²) in [6.45, 7) is 4.84. The van der Waals surface area contributed by atoms with Crippen molar-refractivity contribution in [2.24, 2.45) is 0 Å². The van der Waals surface area contributed by atoms with Crippen molar-refractivity contribution in [1.29, 1.82) is 0 Å². The third kappa shape index (κ3) is 2.99. The fraction of sp³-hybridized carbons (Fsp3) is 0.417. The number of pyridine rings is 1. The minimum atomic E-state index is -0.608. The highest BCUT2D eigenvalue weighted by Gasteiger charge is 2.44. The molecule has 0 N–H and O–H groups in total. The number of aromatic nitrogens is 3. The quantitative estimate of drug-likeness (QED) is 0.431. The molecule has 0 saturated carbocycles. The molecule has 4 aromatic rings. The van der Waals surface area contributed by atoms with Crippen LogP contribution in [0.15, 0.2) is 35.3 Å². The summed E-state index contributed by atoms with van der Waals surface area (Å²) in [5.74, 6) is 0.0235. The van der Waals surface area contributed by atoms with Crippen LogP contribution in [-0.2, 0) is 4.74 Å². The largest absolute Gasteiger partial charge is 0.462 e. The number of likely N-dealkylation sites (N-methyl/N-ethyl adjacent to an activating group) is 1. The summed E-state index contributed by atoms with van der Waals surface area (Å²) in [7, 11) is 2.20. The van der Waals surface area contributed by atoms with Gasteiger partial charge in [-0.2, -0.15) is 4.98 Å². The summed E-state index contributed by atoms with van der Waals surface area (Å²) in [6, 6.07) is 7.87. The zero-order valence-electron chi connectivity index (χ0n) is 18.7. The smallest absolute Gasteiger partial charge is 0.345 e. The number of ether oxygens (including phenoxy) is 1. The lowest BCUT2D eigenvalue weighted by molar-refractivity contribution is 0.0527. The summed E-state index contributed by atoms with van der Waals surface area (Å²) >= 11 is 1.41. The van der Waals surface area contributed by atoms with Crippen LogP contribution in [0.25, 0.3) is 26.1 Å². The Labute approximate surface area is 194 Å². The van der Waals surface area contributed by atoms with Gasteiger partial charge in [0.15, 0.2) is 5.65 Å². The van der Waals surface area contributed by atoms with E-state index in [2.05, 4.69) is 21.8 Å². The molecule has 0 radical (unpaired) electrons. The molecule has 170 valence electrons. The lowest BCUT2D eigenvalue weighted by Crippen LogP contribution is -2.43. The Balaban J connectivity index is 1.58. The Bertz CT molecular complexity index is 1480. The molecule has 1 unspecified atom stereocenters. The number of anilines is 1. The summed E-state index contributed by atoms with van der Waals surface area (Å²) in [4.78, 5) is 40.9. The van der Waals surface area contributed by atoms with Crippen molar-refractivity contribution in [2.75, 3.05) is 38.2 Å². The topological polar surface area (TPSA) is 80.0 Å². The second kappa shape index (κ2) is 7.50. The molecule has 8 nitrogen and oxygen atoms in total. The monoisotopic (exact) mass is 463 g/mol. The van der Waals surface area contributed by atoms with Crippen LogP contribution in [0, 0.1) is 0 Å². The Morgan fingerprint density at radius 1 is 1.24 bits per heavy atom. The average molecular weight is 464 g/mol. The minimum absolute atomic E-state index is 0.0506. The highest BCUT2D eigenvalue weighted by molar-refractivity contribution is 7.24. The molecule has 5 heterocycles. The predicted octanol–water partition coefficient (Wildman–Crippen LogP) is 3.31. The highest BCUT2D eigenvalue weighted by atomic mass is 32.1. The number of esters is 1. The number of benzene rings is 1. The van der Waals surface area contributed by atoms with E-state index >= 15 is 0 Å². The van der Waals surface area contributed by atoms with E-state index in [1.807, 2.05) is 28.7 Å². The van der Waals surface area contributed by atoms with E-state index < -0.39 is 5.97 Å². The molecule has 2 aliphatic heterocycles. The van der Waals surface area contributed by atoms with Crippen LogP contribution in [0.3, 0.4) is 0 Å². The lowest BCUT2D eigenvalue weighted by atomic mass is 9.96. The van der Waals surface area contributed by atoms with Crippen LogP contribution in [0.1, 0.15) is 36.5 Å². The van der Waals surface area contributed by atoms with Crippen molar-refractivity contribution in [2.45, 2.75) is 31.7 Å². The molecule has 1 spiro atoms. The summed E-state index contributed by atoms with van der Waals surface area (Å²) < 4.78 is 8.12. The maximum atomic E-state index is 13.4. The summed E-state index contributed by atoms with van der Waals surface area (Å²) in [6.07, 6.45) is 5.07. The molecule has 2 saturated heterocycles. The van der Waals surface area contributed by atoms with E-state index in [1.165, 1.54) is 24.2 Å². The molecule has 0 aliphatic carbocycles. The van der Waals surface area contributed by atoms with Gasteiger partial charge in [0.1, 0.15) is 10.4 Å². The van der Waals surface area contributed by atoms with Crippen molar-refractivity contribution in [3.63, 3.8) is 0 Å². The molecule has 6 rings (SSSR count). The third-order valence-electron chi connectivity index (χ3n) is 7.21. The number of fused-ring (bicyclic) bond motifs is 5. The number of para-hydroxylation sites is 1. The predicted molar refractivity (Wildman–Crippen MR) is 130 cm³/mol. The van der Waals surface area contributed by atoms with E-state index in [9.17, 15) is 9.59 Å². The Morgan fingerprint density at radius 3 is 2.88 bits per heavy atom. The van der Waals surface area contributed by atoms with Gasteiger partial charge in [-0.15, -0.1) is 11.3 Å². The van der Waals surface area contributed by atoms with Gasteiger partial charge < -0.3 is 9.64 Å². The maximum absolute atomic E-state index is 13.4. The highest BCUT2D eigenvalue weighted by Crippen LogP contribution is 2.38. The summed E-state index contributed by atoms with van der Waals surface area (Å²) in [5, 5.41) is 0.328. The standard InChI is InChI=1S/C24H25N5O3S/c1-3-32-22(31)18-19(30)15-13-25-23(28-12-10-24(14-28)9-6-11-27(24)2)26-20(15)29-16-7-4-5-8-17(16)33-21(18)29/h4-5,7-8,13H,3,6,9-12,14H2,1-2H3. The molecule has 3 aromatic heterocycles. The number of carbonyl (C=O) groups excluding carboxylic acids is 1. The number of likely N-dealkylation sites (tertiary alicyclic amines) is 1. The van der Waals surface area contributed by atoms with Gasteiger partial charge in [0.2, 0.25) is 11.4 Å². The first-order chi connectivity index (χ1) is 16.0. The minimum Gasteiger partial charge on any atom is -0.462 e. The first-order valence-electron chi connectivity index (χ1n) is 11.4. The van der Waals surface area contributed by atoms with Crippen LogP contribution in [0.4, 0.5) is 5.95 Å². The van der Waals surface area contributed by atoms with Crippen LogP contribution in [0.2, 0.25) is 0 Å². The molecule has 33 heavy (non-hydrogen) atoms. The zero-order chi connectivity index (χ0) is 22.7. The SMILES string of the molecule is CCOC(=O)c1c(=O)c2cnc(N3CCC4(CCCN4C)C3)nc2n2c1sc1ccccc12. The van der Waals surface area contributed by atoms with Crippen molar-refractivity contribution in [3.8, 4) is 0 Å². The van der Waals surface area contributed by atoms with Gasteiger partial charge in [-0.1, -0.05) is 12.1 Å². The molecular weight excluding hydrogens is 438 g/mol. The Kier molecular flexibility index (Phi) is 4.67. The fourth-order valence-corrected chi connectivity index (χ4v) is 6.61. The molecular formula is C24H25N5O3S. The lowest BCUT2D eigenvalue weighted by Gasteiger charge is -2.31. The normalized spacial score (nSPS) is 21.2. The maximum Gasteiger partial charge on any atom is 0.345 e. The average Bonchev–Trinajstić information content (AvgIpc) is 3.51. The summed E-state index contributed by atoms with van der Waals surface area (Å²) in [5.41, 5.74) is 1.30. The van der Waals surface area contributed by atoms with Crippen molar-refractivity contribution >= 4 is 49.3 Å². The molecule has 2 aliphatic rings. The van der Waals surface area contributed by atoms with Gasteiger partial charge in [0, 0.05) is 24.8 Å². The van der Waals surface area contributed by atoms with Crippen molar-refractivity contribution < 1.29 is 9.53 Å². The van der Waals surface area contributed by atoms with Crippen LogP contribution >= 0.6 is 11.3 Å². The molecule has 0 bridgehead atoms. The number of carbonyl (C=O) groups is 1. The molecule has 2 fully saturated rings. The Morgan fingerprint density at radius 2 is 2.09 bits per heavy atom. The number of hydrogen-bond donors (Lipinski definition) is 0. The molecule has 0 amide bonds. The van der Waals surface area contributed by atoms with Gasteiger partial charge in [-0.05, 0) is 51.9 Å². The van der Waals surface area contributed by atoms with E-state index in [4.69, 9.17) is 9.72 Å². The molecule has 9 heteroatoms. The van der Waals surface area contributed by atoms with E-state index in [-0.39, 0.29) is 23.1 Å². The number of nitrogens with zero attached hydrogens (tertiary/aromatic N) is 5. The van der Waals surface area contributed by atoms with Crippen LogP contribution in [0.5, 0.6) is 0 Å². The van der Waals surface area contributed by atoms with Gasteiger partial charge in [0.25, 0.3) is 0 Å². The van der Waals surface area contributed by atoms with Crippen LogP contribution in [-0.4, -0.2) is 64.1 Å². The van der Waals surface area contributed by atoms with Crippen molar-refractivity contribution in [3.05, 3.63) is 46.2 Å². The Hall–Kier alpha value is -3.04. The number of hydrogen-bond acceptors (Lipinski definition) is 8. The van der Waals surface area contributed by atoms with E-state index in [1.54, 1.807) is 13.1 Å². The zero-order valence-corrected chi connectivity index (χ0v) is 19.5. The number of thiazole rings is 1. The first kappa shape index (κ1) is 20.6. The fourth-order valence-electron chi connectivity index (χ4n) is 5.44. The third-order valence-corrected chi connectivity index (χ3v) is 8.35. The van der Waals surface area contributed by atoms with E-state index in [0.29, 0.717) is 21.8 Å². The van der Waals surface area contributed by atoms with Crippen molar-refractivity contribution in [1.82, 2.24) is 19.3 Å².